The molecule has 0 atom stereocenters. The number of hydrogen-bond acceptors (Lipinski definition) is 2. The van der Waals surface area contributed by atoms with E-state index in [0.717, 1.165) is 0 Å². The SMILES string of the molecule is C=N/C(=C/C)C(N)=O. The van der Waals surface area contributed by atoms with E-state index in [0.29, 0.717) is 0 Å². The maximum Gasteiger partial charge on any atom is 0.266 e. The van der Waals surface area contributed by atoms with Gasteiger partial charge >= 0.3 is 0 Å². The standard InChI is InChI=1S/C5H8N2O/c1-3-4(7-2)5(6)8/h3H,2H2,1H3,(H2,6,8)/b4-3+. The molecule has 3 heteroatoms. The van der Waals surface area contributed by atoms with Gasteiger partial charge in [-0.05, 0) is 13.6 Å². The fourth-order valence-corrected chi connectivity index (χ4v) is 0.311. The minimum Gasteiger partial charge on any atom is -0.364 e. The monoisotopic (exact) mass is 112 g/mol. The topological polar surface area (TPSA) is 55.4 Å². The molecule has 8 heavy (non-hydrogen) atoms. The van der Waals surface area contributed by atoms with Crippen molar-refractivity contribution in [2.24, 2.45) is 10.7 Å². The van der Waals surface area contributed by atoms with Gasteiger partial charge < -0.3 is 5.73 Å². The summed E-state index contributed by atoms with van der Waals surface area (Å²) in [6.45, 7) is 4.81. The number of aliphatic imine (C=N–C) groups is 1. The van der Waals surface area contributed by atoms with Crippen molar-refractivity contribution < 1.29 is 4.79 Å². The van der Waals surface area contributed by atoms with Gasteiger partial charge in [-0.3, -0.25) is 9.79 Å². The molecule has 44 valence electrons. The van der Waals surface area contributed by atoms with Crippen LogP contribution in [-0.2, 0) is 4.79 Å². The lowest BCUT2D eigenvalue weighted by atomic mass is 10.4. The number of hydrogen-bond donors (Lipinski definition) is 1. The normalized spacial score (nSPS) is 10.9. The summed E-state index contributed by atoms with van der Waals surface area (Å²) in [6.07, 6.45) is 1.51. The van der Waals surface area contributed by atoms with Crippen molar-refractivity contribution in [2.45, 2.75) is 6.92 Å². The van der Waals surface area contributed by atoms with Gasteiger partial charge in [-0.15, -0.1) is 0 Å². The second kappa shape index (κ2) is 2.96. The molecule has 0 aliphatic carbocycles. The third-order valence-electron chi connectivity index (χ3n) is 0.696. The molecule has 0 aliphatic heterocycles. The molecule has 2 N–H and O–H groups in total. The van der Waals surface area contributed by atoms with Crippen LogP contribution in [0.5, 0.6) is 0 Å². The van der Waals surface area contributed by atoms with Crippen LogP contribution in [0.3, 0.4) is 0 Å². The van der Waals surface area contributed by atoms with Crippen LogP contribution >= 0.6 is 0 Å². The summed E-state index contributed by atoms with van der Waals surface area (Å²) >= 11 is 0. The Morgan fingerprint density at radius 2 is 2.38 bits per heavy atom. The van der Waals surface area contributed by atoms with Gasteiger partial charge in [0.2, 0.25) is 0 Å². The summed E-state index contributed by atoms with van der Waals surface area (Å²) in [4.78, 5) is 13.5. The highest BCUT2D eigenvalue weighted by Gasteiger charge is 1.95. The first-order chi connectivity index (χ1) is 3.72. The van der Waals surface area contributed by atoms with Gasteiger partial charge in [-0.2, -0.15) is 0 Å². The molecule has 0 saturated carbocycles. The predicted molar refractivity (Wildman–Crippen MR) is 32.5 cm³/mol. The van der Waals surface area contributed by atoms with Crippen LogP contribution in [0.2, 0.25) is 0 Å². The van der Waals surface area contributed by atoms with Crippen molar-refractivity contribution in [1.82, 2.24) is 0 Å². The van der Waals surface area contributed by atoms with Gasteiger partial charge in [0.1, 0.15) is 5.70 Å². The molecule has 0 aliphatic rings. The van der Waals surface area contributed by atoms with Gasteiger partial charge in [0.15, 0.2) is 0 Å². The second-order valence-electron chi connectivity index (χ2n) is 1.20. The van der Waals surface area contributed by atoms with Gasteiger partial charge in [0, 0.05) is 0 Å². The zero-order valence-electron chi connectivity index (χ0n) is 4.72. The molecule has 0 saturated heterocycles. The van der Waals surface area contributed by atoms with Crippen LogP contribution in [0.1, 0.15) is 6.92 Å². The average molecular weight is 112 g/mol. The third kappa shape index (κ3) is 1.55. The van der Waals surface area contributed by atoms with Crippen LogP contribution < -0.4 is 5.73 Å². The highest BCUT2D eigenvalue weighted by Crippen LogP contribution is 1.90. The summed E-state index contributed by atoms with van der Waals surface area (Å²) < 4.78 is 0. The van der Waals surface area contributed by atoms with Gasteiger partial charge in [-0.1, -0.05) is 6.08 Å². The first-order valence-electron chi connectivity index (χ1n) is 2.15. The lowest BCUT2D eigenvalue weighted by molar-refractivity contribution is -0.114. The van der Waals surface area contributed by atoms with Gasteiger partial charge in [0.05, 0.1) is 0 Å². The van der Waals surface area contributed by atoms with E-state index in [1.807, 2.05) is 0 Å². The van der Waals surface area contributed by atoms with Crippen LogP contribution in [0.25, 0.3) is 0 Å². The second-order valence-corrected chi connectivity index (χ2v) is 1.20. The highest BCUT2D eigenvalue weighted by molar-refractivity contribution is 5.92. The minimum absolute atomic E-state index is 0.213. The Kier molecular flexibility index (Phi) is 2.54. The average Bonchev–Trinajstić information content (AvgIpc) is 1.69. The number of amides is 1. The molecule has 0 aromatic rings. The van der Waals surface area contributed by atoms with E-state index in [1.54, 1.807) is 6.92 Å². The molecular formula is C5H8N2O. The zero-order chi connectivity index (χ0) is 6.57. The van der Waals surface area contributed by atoms with E-state index >= 15 is 0 Å². The Hall–Kier alpha value is -1.12. The fraction of sp³-hybridized carbons (Fsp3) is 0.200. The van der Waals surface area contributed by atoms with Crippen molar-refractivity contribution in [2.75, 3.05) is 0 Å². The van der Waals surface area contributed by atoms with E-state index in [9.17, 15) is 4.79 Å². The lowest BCUT2D eigenvalue weighted by Gasteiger charge is -1.87. The van der Waals surface area contributed by atoms with E-state index < -0.39 is 5.91 Å². The van der Waals surface area contributed by atoms with Crippen molar-refractivity contribution in [3.05, 3.63) is 11.8 Å². The van der Waals surface area contributed by atoms with Crippen molar-refractivity contribution in [1.29, 1.82) is 0 Å². The van der Waals surface area contributed by atoms with Crippen LogP contribution in [-0.4, -0.2) is 12.6 Å². The Morgan fingerprint density at radius 1 is 1.88 bits per heavy atom. The van der Waals surface area contributed by atoms with Crippen LogP contribution in [0, 0.1) is 0 Å². The third-order valence-corrected chi connectivity index (χ3v) is 0.696. The molecule has 0 fully saturated rings. The quantitative estimate of drug-likeness (QED) is 0.399. The van der Waals surface area contributed by atoms with Crippen LogP contribution in [0.4, 0.5) is 0 Å². The number of nitrogens with zero attached hydrogens (tertiary/aromatic N) is 1. The van der Waals surface area contributed by atoms with E-state index in [4.69, 9.17) is 5.73 Å². The van der Waals surface area contributed by atoms with Crippen molar-refractivity contribution >= 4 is 12.6 Å². The van der Waals surface area contributed by atoms with E-state index in [1.165, 1.54) is 6.08 Å². The Bertz CT molecular complexity index is 137. The number of primary amides is 1. The van der Waals surface area contributed by atoms with E-state index in [-0.39, 0.29) is 5.70 Å². The van der Waals surface area contributed by atoms with Gasteiger partial charge in [-0.25, -0.2) is 0 Å². The van der Waals surface area contributed by atoms with E-state index in [2.05, 4.69) is 11.7 Å². The lowest BCUT2D eigenvalue weighted by Crippen LogP contribution is -2.11. The first-order valence-corrected chi connectivity index (χ1v) is 2.15. The molecule has 0 unspecified atom stereocenters. The molecule has 0 heterocycles. The molecule has 0 bridgehead atoms. The molecular weight excluding hydrogens is 104 g/mol. The molecule has 0 aromatic carbocycles. The number of carbonyl (C=O) groups is 1. The Labute approximate surface area is 47.9 Å². The number of carbonyl (C=O) groups excluding carboxylic acids is 1. The van der Waals surface area contributed by atoms with Gasteiger partial charge in [0.25, 0.3) is 5.91 Å². The Morgan fingerprint density at radius 3 is 2.38 bits per heavy atom. The number of rotatable bonds is 2. The van der Waals surface area contributed by atoms with Crippen molar-refractivity contribution in [3.63, 3.8) is 0 Å². The smallest absolute Gasteiger partial charge is 0.266 e. The molecule has 0 radical (unpaired) electrons. The zero-order valence-corrected chi connectivity index (χ0v) is 4.72. The summed E-state index contributed by atoms with van der Waals surface area (Å²) in [5.41, 5.74) is 5.03. The largest absolute Gasteiger partial charge is 0.364 e. The number of nitrogens with two attached hydrogens (primary N) is 1. The summed E-state index contributed by atoms with van der Waals surface area (Å²) in [5.74, 6) is -0.539. The molecule has 1 amide bonds. The fourth-order valence-electron chi connectivity index (χ4n) is 0.311. The Balaban J connectivity index is 4.13. The maximum absolute atomic E-state index is 10.2. The molecule has 0 rings (SSSR count). The molecule has 0 aromatic heterocycles. The number of allylic oxidation sites excluding steroid dienone is 1. The molecule has 3 nitrogen and oxygen atoms in total. The summed E-state index contributed by atoms with van der Waals surface area (Å²) in [5, 5.41) is 0. The predicted octanol–water partition coefficient (Wildman–Crippen LogP) is 0.0761. The maximum atomic E-state index is 10.2. The molecule has 0 spiro atoms. The minimum atomic E-state index is -0.539. The van der Waals surface area contributed by atoms with Crippen LogP contribution in [0.15, 0.2) is 16.8 Å². The summed E-state index contributed by atoms with van der Waals surface area (Å²) in [7, 11) is 0. The first kappa shape index (κ1) is 6.88. The summed E-state index contributed by atoms with van der Waals surface area (Å²) in [6, 6.07) is 0. The van der Waals surface area contributed by atoms with Crippen molar-refractivity contribution in [3.8, 4) is 0 Å². The highest BCUT2D eigenvalue weighted by atomic mass is 16.1.